The van der Waals surface area contributed by atoms with Gasteiger partial charge in [0, 0.05) is 6.42 Å². The first-order valence-electron chi connectivity index (χ1n) is 4.55. The second kappa shape index (κ2) is 7.59. The average Bonchev–Trinajstić information content (AvgIpc) is 2.10. The molecule has 0 aliphatic heterocycles. The third-order valence-corrected chi connectivity index (χ3v) is 1.63. The predicted molar refractivity (Wildman–Crippen MR) is 54.4 cm³/mol. The molecule has 0 aromatic heterocycles. The number of carbonyl (C=O) groups is 1. The minimum absolute atomic E-state index is 0.121. The van der Waals surface area contributed by atoms with E-state index in [9.17, 15) is 4.79 Å². The molecular formula is C11H18O2. The van der Waals surface area contributed by atoms with E-state index in [2.05, 4.69) is 17.4 Å². The number of rotatable bonds is 6. The lowest BCUT2D eigenvalue weighted by atomic mass is 10.2. The van der Waals surface area contributed by atoms with Crippen LogP contribution in [-0.2, 0) is 9.53 Å². The Morgan fingerprint density at radius 3 is 2.69 bits per heavy atom. The molecule has 0 N–H and O–H groups in total. The van der Waals surface area contributed by atoms with E-state index in [1.54, 1.807) is 0 Å². The first-order chi connectivity index (χ1) is 6.16. The van der Waals surface area contributed by atoms with Gasteiger partial charge in [-0.3, -0.25) is 4.79 Å². The van der Waals surface area contributed by atoms with Crippen molar-refractivity contribution in [1.29, 1.82) is 0 Å². The number of esters is 1. The fourth-order valence-corrected chi connectivity index (χ4v) is 0.918. The van der Waals surface area contributed by atoms with Crippen LogP contribution in [0.2, 0.25) is 0 Å². The second-order valence-electron chi connectivity index (χ2n) is 3.07. The maximum atomic E-state index is 10.7. The molecule has 0 unspecified atom stereocenters. The summed E-state index contributed by atoms with van der Waals surface area (Å²) >= 11 is 0. The van der Waals surface area contributed by atoms with E-state index in [1.165, 1.54) is 7.11 Å². The molecular weight excluding hydrogens is 164 g/mol. The molecule has 0 saturated carbocycles. The molecule has 0 aromatic rings. The topological polar surface area (TPSA) is 26.3 Å². The summed E-state index contributed by atoms with van der Waals surface area (Å²) in [5.41, 5.74) is 1.06. The number of unbranched alkanes of at least 4 members (excludes halogenated alkanes) is 2. The van der Waals surface area contributed by atoms with E-state index in [1.807, 2.05) is 13.0 Å². The Labute approximate surface area is 80.3 Å². The molecule has 0 rings (SSSR count). The Morgan fingerprint density at radius 1 is 1.46 bits per heavy atom. The van der Waals surface area contributed by atoms with Gasteiger partial charge in [0.2, 0.25) is 0 Å². The van der Waals surface area contributed by atoms with Crippen LogP contribution in [-0.4, -0.2) is 13.1 Å². The molecule has 0 aromatic carbocycles. The molecule has 0 atom stereocenters. The smallest absolute Gasteiger partial charge is 0.305 e. The Hall–Kier alpha value is -1.05. The molecule has 0 saturated heterocycles. The first-order valence-corrected chi connectivity index (χ1v) is 4.55. The lowest BCUT2D eigenvalue weighted by molar-refractivity contribution is -0.140. The van der Waals surface area contributed by atoms with Gasteiger partial charge in [-0.25, -0.2) is 0 Å². The van der Waals surface area contributed by atoms with E-state index < -0.39 is 0 Å². The second-order valence-corrected chi connectivity index (χ2v) is 3.07. The average molecular weight is 182 g/mol. The quantitative estimate of drug-likeness (QED) is 0.358. The van der Waals surface area contributed by atoms with Crippen LogP contribution in [0.15, 0.2) is 24.3 Å². The van der Waals surface area contributed by atoms with Gasteiger partial charge in [-0.05, 0) is 26.2 Å². The van der Waals surface area contributed by atoms with Crippen LogP contribution in [0.25, 0.3) is 0 Å². The summed E-state index contributed by atoms with van der Waals surface area (Å²) < 4.78 is 4.52. The molecule has 0 amide bonds. The van der Waals surface area contributed by atoms with Crippen molar-refractivity contribution in [3.8, 4) is 0 Å². The first kappa shape index (κ1) is 11.9. The minimum Gasteiger partial charge on any atom is -0.469 e. The standard InChI is InChI=1S/C11H18O2/c1-10(2)8-6-4-5-7-9-11(12)13-3/h6,8H,1,4-5,7,9H2,2-3H3/b8-6+. The van der Waals surface area contributed by atoms with Gasteiger partial charge in [0.05, 0.1) is 7.11 Å². The zero-order valence-electron chi connectivity index (χ0n) is 8.51. The molecule has 13 heavy (non-hydrogen) atoms. The molecule has 0 bridgehead atoms. The Balaban J connectivity index is 3.26. The number of hydrogen-bond donors (Lipinski definition) is 0. The van der Waals surface area contributed by atoms with Crippen LogP contribution >= 0.6 is 0 Å². The molecule has 0 aliphatic carbocycles. The monoisotopic (exact) mass is 182 g/mol. The van der Waals surface area contributed by atoms with Gasteiger partial charge in [0.25, 0.3) is 0 Å². The number of allylic oxidation sites excluding steroid dienone is 3. The summed E-state index contributed by atoms with van der Waals surface area (Å²) in [5, 5.41) is 0. The van der Waals surface area contributed by atoms with Crippen molar-refractivity contribution in [2.24, 2.45) is 0 Å². The maximum absolute atomic E-state index is 10.7. The molecule has 2 nitrogen and oxygen atoms in total. The van der Waals surface area contributed by atoms with Crippen LogP contribution < -0.4 is 0 Å². The summed E-state index contributed by atoms with van der Waals surface area (Å²) in [4.78, 5) is 10.7. The lowest BCUT2D eigenvalue weighted by Crippen LogP contribution is -1.98. The van der Waals surface area contributed by atoms with Crippen LogP contribution in [0.4, 0.5) is 0 Å². The molecule has 0 heterocycles. The van der Waals surface area contributed by atoms with E-state index >= 15 is 0 Å². The highest BCUT2D eigenvalue weighted by atomic mass is 16.5. The lowest BCUT2D eigenvalue weighted by Gasteiger charge is -1.96. The predicted octanol–water partition coefficient (Wildman–Crippen LogP) is 2.85. The summed E-state index contributed by atoms with van der Waals surface area (Å²) in [6, 6.07) is 0. The minimum atomic E-state index is -0.121. The van der Waals surface area contributed by atoms with Crippen molar-refractivity contribution < 1.29 is 9.53 Å². The number of methoxy groups -OCH3 is 1. The molecule has 2 heteroatoms. The van der Waals surface area contributed by atoms with Gasteiger partial charge >= 0.3 is 5.97 Å². The number of hydrogen-bond acceptors (Lipinski definition) is 2. The third-order valence-electron chi connectivity index (χ3n) is 1.63. The van der Waals surface area contributed by atoms with Crippen LogP contribution in [0.3, 0.4) is 0 Å². The largest absolute Gasteiger partial charge is 0.469 e. The third kappa shape index (κ3) is 8.86. The Bertz CT molecular complexity index is 192. The molecule has 0 radical (unpaired) electrons. The van der Waals surface area contributed by atoms with Crippen molar-refractivity contribution >= 4 is 5.97 Å². The highest BCUT2D eigenvalue weighted by molar-refractivity contribution is 5.68. The van der Waals surface area contributed by atoms with E-state index in [4.69, 9.17) is 0 Å². The van der Waals surface area contributed by atoms with Gasteiger partial charge < -0.3 is 4.74 Å². The Morgan fingerprint density at radius 2 is 2.15 bits per heavy atom. The molecule has 0 aliphatic rings. The van der Waals surface area contributed by atoms with Crippen molar-refractivity contribution in [3.63, 3.8) is 0 Å². The van der Waals surface area contributed by atoms with Crippen LogP contribution in [0.5, 0.6) is 0 Å². The van der Waals surface area contributed by atoms with Crippen molar-refractivity contribution in [1.82, 2.24) is 0 Å². The zero-order chi connectivity index (χ0) is 10.1. The molecule has 74 valence electrons. The Kier molecular flexibility index (Phi) is 6.98. The summed E-state index contributed by atoms with van der Waals surface area (Å²) in [7, 11) is 1.42. The van der Waals surface area contributed by atoms with Crippen LogP contribution in [0, 0.1) is 0 Å². The van der Waals surface area contributed by atoms with Gasteiger partial charge in [-0.2, -0.15) is 0 Å². The van der Waals surface area contributed by atoms with Gasteiger partial charge in [-0.1, -0.05) is 24.3 Å². The summed E-state index contributed by atoms with van der Waals surface area (Å²) in [6.45, 7) is 5.72. The van der Waals surface area contributed by atoms with E-state index in [0.717, 1.165) is 24.8 Å². The van der Waals surface area contributed by atoms with Crippen molar-refractivity contribution in [3.05, 3.63) is 24.3 Å². The van der Waals surface area contributed by atoms with E-state index in [-0.39, 0.29) is 5.97 Å². The maximum Gasteiger partial charge on any atom is 0.305 e. The summed E-state index contributed by atoms with van der Waals surface area (Å²) in [5.74, 6) is -0.121. The van der Waals surface area contributed by atoms with Crippen molar-refractivity contribution in [2.45, 2.75) is 32.6 Å². The molecule has 0 spiro atoms. The SMILES string of the molecule is C=C(C)/C=C/CCCCC(=O)OC. The van der Waals surface area contributed by atoms with Gasteiger partial charge in [0.15, 0.2) is 0 Å². The van der Waals surface area contributed by atoms with Gasteiger partial charge in [0.1, 0.15) is 0 Å². The normalized spacial score (nSPS) is 10.3. The van der Waals surface area contributed by atoms with Gasteiger partial charge in [-0.15, -0.1) is 0 Å². The van der Waals surface area contributed by atoms with E-state index in [0.29, 0.717) is 6.42 Å². The fourth-order valence-electron chi connectivity index (χ4n) is 0.918. The highest BCUT2D eigenvalue weighted by Gasteiger charge is 1.97. The fraction of sp³-hybridized carbons (Fsp3) is 0.545. The zero-order valence-corrected chi connectivity index (χ0v) is 8.51. The van der Waals surface area contributed by atoms with Crippen LogP contribution in [0.1, 0.15) is 32.6 Å². The highest BCUT2D eigenvalue weighted by Crippen LogP contribution is 2.02. The summed E-state index contributed by atoms with van der Waals surface area (Å²) in [6.07, 6.45) is 7.53. The number of ether oxygens (including phenoxy) is 1. The molecule has 0 fully saturated rings. The number of carbonyl (C=O) groups excluding carboxylic acids is 1. The van der Waals surface area contributed by atoms with Crippen molar-refractivity contribution in [2.75, 3.05) is 7.11 Å².